The van der Waals surface area contributed by atoms with Crippen LogP contribution in [0.4, 0.5) is 0 Å². The number of hydrogen-bond acceptors (Lipinski definition) is 3. The molecule has 0 radical (unpaired) electrons. The molecule has 0 aliphatic rings. The highest BCUT2D eigenvalue weighted by molar-refractivity contribution is 6.32. The van der Waals surface area contributed by atoms with E-state index in [0.717, 1.165) is 0 Å². The molecule has 0 bridgehead atoms. The first-order valence-corrected chi connectivity index (χ1v) is 7.26. The lowest BCUT2D eigenvalue weighted by molar-refractivity contribution is -0.137. The molecule has 1 N–H and O–H groups in total. The van der Waals surface area contributed by atoms with E-state index in [1.54, 1.807) is 24.3 Å². The largest absolute Gasteiger partial charge is 0.482 e. The number of hydrogen-bond donors (Lipinski definition) is 1. The topological polar surface area (TPSA) is 58.6 Å². The van der Waals surface area contributed by atoms with Crippen molar-refractivity contribution < 1.29 is 14.3 Å². The molecule has 0 saturated heterocycles. The Balaban J connectivity index is 2.52. The summed E-state index contributed by atoms with van der Waals surface area (Å²) in [7, 11) is 0. The lowest BCUT2D eigenvalue weighted by atomic mass is 10.3. The van der Waals surface area contributed by atoms with E-state index < -0.39 is 0 Å². The second kappa shape index (κ2) is 8.52. The Hall–Kier alpha value is -1.75. The second-order valence-electron chi connectivity index (χ2n) is 4.85. The average Bonchev–Trinajstić information content (AvgIpc) is 2.42. The summed E-state index contributed by atoms with van der Waals surface area (Å²) in [4.78, 5) is 25.2. The fourth-order valence-corrected chi connectivity index (χ4v) is 1.90. The first-order chi connectivity index (χ1) is 9.93. The number of ether oxygens (including phenoxy) is 1. The van der Waals surface area contributed by atoms with Gasteiger partial charge in [-0.15, -0.1) is 0 Å². The molecule has 1 aromatic carbocycles. The summed E-state index contributed by atoms with van der Waals surface area (Å²) < 4.78 is 5.39. The molecule has 2 amide bonds. The van der Waals surface area contributed by atoms with Crippen LogP contribution in [0.25, 0.3) is 0 Å². The monoisotopic (exact) mass is 312 g/mol. The molecule has 0 aliphatic heterocycles. The molecule has 0 aliphatic carbocycles. The second-order valence-corrected chi connectivity index (χ2v) is 5.26. The van der Waals surface area contributed by atoms with Crippen molar-refractivity contribution in [1.82, 2.24) is 10.2 Å². The molecule has 0 heterocycles. The fourth-order valence-electron chi connectivity index (χ4n) is 1.71. The van der Waals surface area contributed by atoms with Crippen molar-refractivity contribution in [2.75, 3.05) is 19.7 Å². The number of carbonyl (C=O) groups excluding carboxylic acids is 2. The number of nitrogens with one attached hydrogen (secondary N) is 1. The minimum Gasteiger partial charge on any atom is -0.482 e. The highest BCUT2D eigenvalue weighted by atomic mass is 35.5. The van der Waals surface area contributed by atoms with Crippen LogP contribution in [0.15, 0.2) is 24.3 Å². The van der Waals surface area contributed by atoms with Gasteiger partial charge in [0.1, 0.15) is 5.75 Å². The summed E-state index contributed by atoms with van der Waals surface area (Å²) in [5, 5.41) is 3.20. The summed E-state index contributed by atoms with van der Waals surface area (Å²) in [5.41, 5.74) is 0. The number of carbonyl (C=O) groups is 2. The van der Waals surface area contributed by atoms with Crippen molar-refractivity contribution in [2.45, 2.75) is 26.8 Å². The first kappa shape index (κ1) is 17.3. The number of para-hydroxylation sites is 1. The molecular weight excluding hydrogens is 292 g/mol. The van der Waals surface area contributed by atoms with Crippen LogP contribution in [0.5, 0.6) is 5.75 Å². The minimum absolute atomic E-state index is 0.0272. The summed E-state index contributed by atoms with van der Waals surface area (Å²) in [6, 6.07) is 6.99. The van der Waals surface area contributed by atoms with E-state index in [2.05, 4.69) is 5.32 Å². The van der Waals surface area contributed by atoms with Crippen LogP contribution in [0.1, 0.15) is 20.8 Å². The number of halogens is 1. The molecule has 21 heavy (non-hydrogen) atoms. The predicted molar refractivity (Wildman–Crippen MR) is 82.5 cm³/mol. The number of amides is 2. The molecule has 0 fully saturated rings. The van der Waals surface area contributed by atoms with Gasteiger partial charge in [-0.05, 0) is 32.9 Å². The molecule has 1 rings (SSSR count). The Morgan fingerprint density at radius 1 is 1.33 bits per heavy atom. The number of rotatable bonds is 7. The number of likely N-dealkylation sites (N-methyl/N-ethyl adjacent to an activating group) is 1. The Bertz CT molecular complexity index is 492. The molecule has 0 saturated carbocycles. The molecule has 0 unspecified atom stereocenters. The van der Waals surface area contributed by atoms with Gasteiger partial charge in [-0.3, -0.25) is 9.59 Å². The van der Waals surface area contributed by atoms with Crippen molar-refractivity contribution in [1.29, 1.82) is 0 Å². The number of benzene rings is 1. The maximum absolute atomic E-state index is 12.1. The zero-order chi connectivity index (χ0) is 15.8. The van der Waals surface area contributed by atoms with Crippen molar-refractivity contribution in [3.05, 3.63) is 29.3 Å². The first-order valence-electron chi connectivity index (χ1n) is 6.88. The lowest BCUT2D eigenvalue weighted by Crippen LogP contribution is -2.44. The Morgan fingerprint density at radius 2 is 2.00 bits per heavy atom. The van der Waals surface area contributed by atoms with E-state index in [0.29, 0.717) is 17.3 Å². The van der Waals surface area contributed by atoms with E-state index in [1.165, 1.54) is 4.90 Å². The van der Waals surface area contributed by atoms with Crippen molar-refractivity contribution in [2.24, 2.45) is 0 Å². The number of nitrogens with zero attached hydrogens (tertiary/aromatic N) is 1. The molecular formula is C15H21ClN2O3. The molecule has 0 atom stereocenters. The molecule has 0 aromatic heterocycles. The third-order valence-corrected chi connectivity index (χ3v) is 3.02. The predicted octanol–water partition coefficient (Wildman–Crippen LogP) is 2.09. The molecule has 0 spiro atoms. The van der Waals surface area contributed by atoms with Gasteiger partial charge in [-0.1, -0.05) is 23.7 Å². The van der Waals surface area contributed by atoms with E-state index >= 15 is 0 Å². The quantitative estimate of drug-likeness (QED) is 0.838. The maximum Gasteiger partial charge on any atom is 0.260 e. The zero-order valence-corrected chi connectivity index (χ0v) is 13.3. The van der Waals surface area contributed by atoms with E-state index in [1.807, 2.05) is 20.8 Å². The minimum atomic E-state index is -0.253. The van der Waals surface area contributed by atoms with Gasteiger partial charge in [0.05, 0.1) is 11.6 Å². The smallest absolute Gasteiger partial charge is 0.260 e. The Morgan fingerprint density at radius 3 is 2.57 bits per heavy atom. The van der Waals surface area contributed by atoms with Gasteiger partial charge in [0.2, 0.25) is 5.91 Å². The van der Waals surface area contributed by atoms with E-state index in [4.69, 9.17) is 16.3 Å². The third kappa shape index (κ3) is 6.04. The fraction of sp³-hybridized carbons (Fsp3) is 0.467. The summed E-state index contributed by atoms with van der Waals surface area (Å²) in [6.07, 6.45) is 0. The third-order valence-electron chi connectivity index (χ3n) is 2.71. The SMILES string of the molecule is CCN(CC(=O)NC(C)C)C(=O)COc1ccccc1Cl. The van der Waals surface area contributed by atoms with Crippen molar-refractivity contribution >= 4 is 23.4 Å². The van der Waals surface area contributed by atoms with Gasteiger partial charge in [-0.2, -0.15) is 0 Å². The summed E-state index contributed by atoms with van der Waals surface area (Å²) >= 11 is 5.95. The zero-order valence-electron chi connectivity index (χ0n) is 12.6. The summed E-state index contributed by atoms with van der Waals surface area (Å²) in [6.45, 7) is 5.88. The van der Waals surface area contributed by atoms with Gasteiger partial charge >= 0.3 is 0 Å². The van der Waals surface area contributed by atoms with Crippen LogP contribution in [0, 0.1) is 0 Å². The van der Waals surface area contributed by atoms with Crippen LogP contribution >= 0.6 is 11.6 Å². The highest BCUT2D eigenvalue weighted by Crippen LogP contribution is 2.22. The molecule has 5 nitrogen and oxygen atoms in total. The van der Waals surface area contributed by atoms with Gasteiger partial charge in [0.25, 0.3) is 5.91 Å². The van der Waals surface area contributed by atoms with E-state index in [9.17, 15) is 9.59 Å². The van der Waals surface area contributed by atoms with Crippen LogP contribution < -0.4 is 10.1 Å². The van der Waals surface area contributed by atoms with Crippen molar-refractivity contribution in [3.8, 4) is 5.75 Å². The average molecular weight is 313 g/mol. The van der Waals surface area contributed by atoms with Crippen LogP contribution in [-0.2, 0) is 9.59 Å². The maximum atomic E-state index is 12.1. The van der Waals surface area contributed by atoms with Crippen molar-refractivity contribution in [3.63, 3.8) is 0 Å². The summed E-state index contributed by atoms with van der Waals surface area (Å²) in [5.74, 6) is 0.0180. The van der Waals surface area contributed by atoms with Gasteiger partial charge in [-0.25, -0.2) is 0 Å². The standard InChI is InChI=1S/C15H21ClN2O3/c1-4-18(9-14(19)17-11(2)3)15(20)10-21-13-8-6-5-7-12(13)16/h5-8,11H,4,9-10H2,1-3H3,(H,17,19). The molecule has 1 aromatic rings. The van der Waals surface area contributed by atoms with Crippen LogP contribution in [0.3, 0.4) is 0 Å². The van der Waals surface area contributed by atoms with Gasteiger partial charge in [0, 0.05) is 12.6 Å². The molecule has 6 heteroatoms. The normalized spacial score (nSPS) is 10.3. The van der Waals surface area contributed by atoms with Crippen LogP contribution in [-0.4, -0.2) is 42.5 Å². The van der Waals surface area contributed by atoms with Gasteiger partial charge < -0.3 is 15.0 Å². The molecule has 116 valence electrons. The lowest BCUT2D eigenvalue weighted by Gasteiger charge is -2.21. The van der Waals surface area contributed by atoms with Gasteiger partial charge in [0.15, 0.2) is 6.61 Å². The van der Waals surface area contributed by atoms with E-state index in [-0.39, 0.29) is 31.0 Å². The highest BCUT2D eigenvalue weighted by Gasteiger charge is 2.16. The van der Waals surface area contributed by atoms with Crippen LogP contribution in [0.2, 0.25) is 5.02 Å². The Kier molecular flexibility index (Phi) is 7.02. The Labute approximate surface area is 130 Å².